The van der Waals surface area contributed by atoms with Gasteiger partial charge in [0.05, 0.1) is 6.04 Å². The minimum Gasteiger partial charge on any atom is -0.352 e. The minimum absolute atomic E-state index is 0.118. The molecule has 0 radical (unpaired) electrons. The van der Waals surface area contributed by atoms with Gasteiger partial charge < -0.3 is 32.7 Å². The van der Waals surface area contributed by atoms with E-state index in [-0.39, 0.29) is 50.6 Å². The fourth-order valence-electron chi connectivity index (χ4n) is 3.40. The van der Waals surface area contributed by atoms with Crippen molar-refractivity contribution in [2.24, 2.45) is 17.4 Å². The minimum atomic E-state index is -1.05. The first kappa shape index (κ1) is 30.1. The Morgan fingerprint density at radius 2 is 1.33 bits per heavy atom. The molecule has 0 aliphatic carbocycles. The van der Waals surface area contributed by atoms with Crippen molar-refractivity contribution in [2.45, 2.75) is 58.0 Å². The van der Waals surface area contributed by atoms with Crippen LogP contribution < -0.4 is 32.7 Å². The summed E-state index contributed by atoms with van der Waals surface area (Å²) in [4.78, 5) is 84.2. The molecule has 200 valence electrons. The summed E-state index contributed by atoms with van der Waals surface area (Å²) in [5.41, 5.74) is 10.1. The molecule has 0 aromatic carbocycles. The number of carbonyl (C=O) groups is 7. The predicted octanol–water partition coefficient (Wildman–Crippen LogP) is -1.61. The first-order valence-electron chi connectivity index (χ1n) is 11.7. The number of urea groups is 2. The number of hydrogen-bond acceptors (Lipinski definition) is 7. The smallest absolute Gasteiger partial charge is 0.312 e. The fourth-order valence-corrected chi connectivity index (χ4v) is 3.40. The molecule has 36 heavy (non-hydrogen) atoms. The number of amides is 8. The monoisotopic (exact) mass is 509 g/mol. The Kier molecular flexibility index (Phi) is 12.6. The molecule has 1 rings (SSSR count). The SMILES string of the molecule is CC(C)C(=O)[C@H](CCCNC(N)=O)NC(=O)C(CCCNC(N)=O)NC(=O)CCN1C(=O)C=CC1=O. The number of primary amides is 2. The maximum Gasteiger partial charge on any atom is 0.312 e. The van der Waals surface area contributed by atoms with Gasteiger partial charge in [0, 0.05) is 44.1 Å². The van der Waals surface area contributed by atoms with Crippen molar-refractivity contribution in [3.05, 3.63) is 12.2 Å². The molecule has 1 aliphatic rings. The van der Waals surface area contributed by atoms with Gasteiger partial charge >= 0.3 is 12.1 Å². The Labute approximate surface area is 208 Å². The summed E-state index contributed by atoms with van der Waals surface area (Å²) >= 11 is 0. The van der Waals surface area contributed by atoms with Gasteiger partial charge in [-0.2, -0.15) is 0 Å². The Bertz CT molecular complexity index is 870. The number of carbonyl (C=O) groups excluding carboxylic acids is 7. The van der Waals surface area contributed by atoms with Crippen molar-refractivity contribution in [2.75, 3.05) is 19.6 Å². The molecule has 1 unspecified atom stereocenters. The van der Waals surface area contributed by atoms with Crippen LogP contribution in [0.4, 0.5) is 9.59 Å². The zero-order valence-corrected chi connectivity index (χ0v) is 20.5. The molecule has 0 aromatic rings. The summed E-state index contributed by atoms with van der Waals surface area (Å²) in [7, 11) is 0. The summed E-state index contributed by atoms with van der Waals surface area (Å²) in [6.45, 7) is 3.59. The van der Waals surface area contributed by atoms with E-state index in [0.717, 1.165) is 17.1 Å². The molecular formula is C22H35N7O7. The number of Topliss-reactive ketones (excluding diaryl/α,β-unsaturated/α-hetero) is 1. The average molecular weight is 510 g/mol. The Morgan fingerprint density at radius 3 is 1.81 bits per heavy atom. The molecule has 0 spiro atoms. The van der Waals surface area contributed by atoms with Crippen LogP contribution in [0.15, 0.2) is 12.2 Å². The molecular weight excluding hydrogens is 474 g/mol. The van der Waals surface area contributed by atoms with E-state index >= 15 is 0 Å². The third-order valence-electron chi connectivity index (χ3n) is 5.28. The Hall–Kier alpha value is -3.97. The molecule has 14 heteroatoms. The second-order valence-electron chi connectivity index (χ2n) is 8.52. The van der Waals surface area contributed by atoms with E-state index in [2.05, 4.69) is 21.3 Å². The predicted molar refractivity (Wildman–Crippen MR) is 128 cm³/mol. The van der Waals surface area contributed by atoms with Gasteiger partial charge in [-0.1, -0.05) is 13.8 Å². The van der Waals surface area contributed by atoms with Crippen molar-refractivity contribution >= 4 is 41.5 Å². The largest absolute Gasteiger partial charge is 0.352 e. The maximum atomic E-state index is 13.0. The number of rotatable bonds is 16. The van der Waals surface area contributed by atoms with E-state index in [0.29, 0.717) is 12.8 Å². The van der Waals surface area contributed by atoms with Crippen LogP contribution in [0, 0.1) is 5.92 Å². The van der Waals surface area contributed by atoms with Crippen LogP contribution in [-0.2, 0) is 24.0 Å². The van der Waals surface area contributed by atoms with Crippen molar-refractivity contribution in [3.63, 3.8) is 0 Å². The van der Waals surface area contributed by atoms with Crippen LogP contribution >= 0.6 is 0 Å². The Morgan fingerprint density at radius 1 is 0.833 bits per heavy atom. The topological polar surface area (TPSA) is 223 Å². The molecule has 0 saturated carbocycles. The molecule has 1 heterocycles. The molecule has 14 nitrogen and oxygen atoms in total. The zero-order chi connectivity index (χ0) is 27.3. The third kappa shape index (κ3) is 11.0. The van der Waals surface area contributed by atoms with E-state index in [9.17, 15) is 33.6 Å². The van der Waals surface area contributed by atoms with Gasteiger partial charge in [0.1, 0.15) is 6.04 Å². The molecule has 8 N–H and O–H groups in total. The van der Waals surface area contributed by atoms with Gasteiger partial charge in [-0.3, -0.25) is 28.9 Å². The van der Waals surface area contributed by atoms with E-state index in [1.165, 1.54) is 0 Å². The molecule has 0 bridgehead atoms. The molecule has 0 aromatic heterocycles. The zero-order valence-electron chi connectivity index (χ0n) is 20.5. The van der Waals surface area contributed by atoms with E-state index in [4.69, 9.17) is 11.5 Å². The van der Waals surface area contributed by atoms with Crippen LogP contribution in [0.5, 0.6) is 0 Å². The number of nitrogens with one attached hydrogen (secondary N) is 4. The van der Waals surface area contributed by atoms with Crippen LogP contribution in [0.1, 0.15) is 46.0 Å². The fraction of sp³-hybridized carbons (Fsp3) is 0.591. The van der Waals surface area contributed by atoms with Crippen molar-refractivity contribution in [1.29, 1.82) is 0 Å². The number of nitrogens with two attached hydrogens (primary N) is 2. The lowest BCUT2D eigenvalue weighted by atomic mass is 9.97. The second kappa shape index (κ2) is 15.1. The van der Waals surface area contributed by atoms with Crippen LogP contribution in [-0.4, -0.2) is 78.1 Å². The van der Waals surface area contributed by atoms with Crippen LogP contribution in [0.2, 0.25) is 0 Å². The highest BCUT2D eigenvalue weighted by Gasteiger charge is 2.28. The lowest BCUT2D eigenvalue weighted by Crippen LogP contribution is -2.52. The lowest BCUT2D eigenvalue weighted by Gasteiger charge is -2.24. The standard InChI is InChI=1S/C22H35N7O7/c1-13(2)19(33)14(5-3-10-25-21(23)35)28-20(34)15(6-4-11-26-22(24)36)27-16(30)9-12-29-17(31)7-8-18(29)32/h7-8,13-15H,3-6,9-12H2,1-2H3,(H,27,30)(H,28,34)(H3,23,25,35)(H3,24,26,36)/t14-,15?/m0/s1. The highest BCUT2D eigenvalue weighted by molar-refractivity contribution is 6.13. The van der Waals surface area contributed by atoms with Gasteiger partial charge in [-0.05, 0) is 25.7 Å². The Balaban J connectivity index is 2.81. The van der Waals surface area contributed by atoms with Crippen LogP contribution in [0.3, 0.4) is 0 Å². The van der Waals surface area contributed by atoms with Crippen molar-refractivity contribution in [3.8, 4) is 0 Å². The highest BCUT2D eigenvalue weighted by Crippen LogP contribution is 2.09. The number of nitrogens with zero attached hydrogens (tertiary/aromatic N) is 1. The van der Waals surface area contributed by atoms with Crippen molar-refractivity contribution < 1.29 is 33.6 Å². The normalized spacial score (nSPS) is 14.4. The molecule has 2 atom stereocenters. The number of imide groups is 1. The average Bonchev–Trinajstić information content (AvgIpc) is 3.12. The second-order valence-corrected chi connectivity index (χ2v) is 8.52. The number of hydrogen-bond donors (Lipinski definition) is 6. The summed E-state index contributed by atoms with van der Waals surface area (Å²) in [5, 5.41) is 10.0. The maximum absolute atomic E-state index is 13.0. The summed E-state index contributed by atoms with van der Waals surface area (Å²) in [6, 6.07) is -3.35. The summed E-state index contributed by atoms with van der Waals surface area (Å²) in [6.07, 6.45) is 3.00. The molecule has 1 aliphatic heterocycles. The lowest BCUT2D eigenvalue weighted by molar-refractivity contribution is -0.137. The van der Waals surface area contributed by atoms with E-state index < -0.39 is 47.8 Å². The first-order valence-corrected chi connectivity index (χ1v) is 11.7. The highest BCUT2D eigenvalue weighted by atomic mass is 16.2. The van der Waals surface area contributed by atoms with Gasteiger partial charge in [0.15, 0.2) is 5.78 Å². The van der Waals surface area contributed by atoms with E-state index in [1.807, 2.05) is 0 Å². The molecule has 8 amide bonds. The van der Waals surface area contributed by atoms with Gasteiger partial charge in [-0.25, -0.2) is 9.59 Å². The van der Waals surface area contributed by atoms with Crippen molar-refractivity contribution in [1.82, 2.24) is 26.2 Å². The van der Waals surface area contributed by atoms with Gasteiger partial charge in [0.2, 0.25) is 11.8 Å². The summed E-state index contributed by atoms with van der Waals surface area (Å²) in [5.74, 6) is -2.85. The van der Waals surface area contributed by atoms with E-state index in [1.54, 1.807) is 13.8 Å². The van der Waals surface area contributed by atoms with Gasteiger partial charge in [0.25, 0.3) is 11.8 Å². The first-order chi connectivity index (χ1) is 16.9. The van der Waals surface area contributed by atoms with Crippen LogP contribution in [0.25, 0.3) is 0 Å². The summed E-state index contributed by atoms with van der Waals surface area (Å²) < 4.78 is 0. The molecule has 0 saturated heterocycles. The quantitative estimate of drug-likeness (QED) is 0.105. The van der Waals surface area contributed by atoms with Gasteiger partial charge in [-0.15, -0.1) is 0 Å². The number of ketones is 1. The molecule has 0 fully saturated rings. The third-order valence-corrected chi connectivity index (χ3v) is 5.28.